The summed E-state index contributed by atoms with van der Waals surface area (Å²) in [5.41, 5.74) is 1.66. The molecule has 0 N–H and O–H groups in total. The Labute approximate surface area is 156 Å². The van der Waals surface area contributed by atoms with E-state index < -0.39 is 0 Å². The van der Waals surface area contributed by atoms with Gasteiger partial charge < -0.3 is 14.4 Å². The van der Waals surface area contributed by atoms with Crippen LogP contribution in [0.2, 0.25) is 0 Å². The molecule has 1 fully saturated rings. The molecule has 0 bridgehead atoms. The Morgan fingerprint density at radius 1 is 1.11 bits per heavy atom. The fraction of sp³-hybridized carbons (Fsp3) is 0.316. The van der Waals surface area contributed by atoms with Crippen LogP contribution in [0.4, 0.5) is 10.3 Å². The van der Waals surface area contributed by atoms with E-state index in [1.165, 1.54) is 12.1 Å². The van der Waals surface area contributed by atoms with Crippen LogP contribution in [0, 0.1) is 19.7 Å². The first-order valence-electron chi connectivity index (χ1n) is 8.65. The summed E-state index contributed by atoms with van der Waals surface area (Å²) >= 11 is 0. The Morgan fingerprint density at radius 3 is 2.59 bits per heavy atom. The summed E-state index contributed by atoms with van der Waals surface area (Å²) in [7, 11) is 1.58. The molecular formula is C19H20FN5O2. The van der Waals surface area contributed by atoms with Gasteiger partial charge in [0.25, 0.3) is 0 Å². The Morgan fingerprint density at radius 2 is 1.93 bits per heavy atom. The molecule has 0 aliphatic carbocycles. The van der Waals surface area contributed by atoms with Crippen molar-refractivity contribution in [1.82, 2.24) is 19.7 Å². The maximum atomic E-state index is 13.2. The van der Waals surface area contributed by atoms with Crippen molar-refractivity contribution in [3.63, 3.8) is 0 Å². The molecule has 8 heteroatoms. The molecule has 2 aromatic heterocycles. The number of halogens is 1. The van der Waals surface area contributed by atoms with E-state index in [2.05, 4.69) is 20.1 Å². The summed E-state index contributed by atoms with van der Waals surface area (Å²) in [5, 5.41) is 8.50. The molecule has 1 saturated heterocycles. The lowest BCUT2D eigenvalue weighted by molar-refractivity contribution is 0.164. The van der Waals surface area contributed by atoms with Crippen LogP contribution in [0.1, 0.15) is 11.4 Å². The fourth-order valence-electron chi connectivity index (χ4n) is 3.08. The number of aromatic nitrogens is 4. The monoisotopic (exact) mass is 369 g/mol. The van der Waals surface area contributed by atoms with Crippen molar-refractivity contribution in [3.05, 3.63) is 53.7 Å². The summed E-state index contributed by atoms with van der Waals surface area (Å²) < 4.78 is 26.3. The minimum atomic E-state index is -0.258. The summed E-state index contributed by atoms with van der Waals surface area (Å²) in [6.07, 6.45) is 1.75. The first-order chi connectivity index (χ1) is 13.0. The first kappa shape index (κ1) is 17.3. The Kier molecular flexibility index (Phi) is 4.39. The third-order valence-electron chi connectivity index (χ3n) is 4.56. The fourth-order valence-corrected chi connectivity index (χ4v) is 3.08. The maximum absolute atomic E-state index is 13.2. The van der Waals surface area contributed by atoms with Crippen LogP contribution in [-0.4, -0.2) is 46.1 Å². The number of nitrogens with zero attached hydrogens (tertiary/aromatic N) is 5. The van der Waals surface area contributed by atoms with Gasteiger partial charge in [-0.2, -0.15) is 0 Å². The van der Waals surface area contributed by atoms with Gasteiger partial charge in [-0.05, 0) is 43.7 Å². The van der Waals surface area contributed by atoms with Crippen LogP contribution in [0.3, 0.4) is 0 Å². The van der Waals surface area contributed by atoms with Crippen molar-refractivity contribution >= 4 is 5.95 Å². The number of ether oxygens (including phenoxy) is 2. The molecule has 3 heterocycles. The Bertz CT molecular complexity index is 951. The predicted molar refractivity (Wildman–Crippen MR) is 98.2 cm³/mol. The van der Waals surface area contributed by atoms with E-state index in [9.17, 15) is 4.39 Å². The van der Waals surface area contributed by atoms with Crippen LogP contribution in [0.25, 0.3) is 5.69 Å². The standard InChI is InChI=1S/C19H20FN5O2/c1-12-8-14(20)4-6-17(12)27-16-10-24(11-16)19-23-22-13(2)25(19)15-5-7-18(26-3)21-9-15/h4-9,16H,10-11H2,1-3H3. The van der Waals surface area contributed by atoms with E-state index in [0.717, 1.165) is 23.0 Å². The molecule has 4 rings (SSSR count). The Hall–Kier alpha value is -3.16. The van der Waals surface area contributed by atoms with E-state index in [1.54, 1.807) is 25.4 Å². The van der Waals surface area contributed by atoms with Crippen molar-refractivity contribution in [2.24, 2.45) is 0 Å². The molecule has 0 atom stereocenters. The lowest BCUT2D eigenvalue weighted by Gasteiger charge is -2.39. The van der Waals surface area contributed by atoms with Crippen molar-refractivity contribution in [2.75, 3.05) is 25.1 Å². The average Bonchev–Trinajstić information content (AvgIpc) is 3.00. The predicted octanol–water partition coefficient (Wildman–Crippen LogP) is 2.69. The third kappa shape index (κ3) is 3.30. The van der Waals surface area contributed by atoms with Crippen molar-refractivity contribution in [1.29, 1.82) is 0 Å². The summed E-state index contributed by atoms with van der Waals surface area (Å²) in [6.45, 7) is 5.10. The highest BCUT2D eigenvalue weighted by Gasteiger charge is 2.33. The van der Waals surface area contributed by atoms with Gasteiger partial charge in [-0.25, -0.2) is 9.37 Å². The molecule has 0 amide bonds. The molecule has 0 radical (unpaired) electrons. The summed E-state index contributed by atoms with van der Waals surface area (Å²) in [6, 6.07) is 8.28. The van der Waals surface area contributed by atoms with Crippen LogP contribution in [-0.2, 0) is 0 Å². The number of hydrogen-bond acceptors (Lipinski definition) is 6. The van der Waals surface area contributed by atoms with E-state index in [1.807, 2.05) is 24.5 Å². The van der Waals surface area contributed by atoms with Gasteiger partial charge in [-0.3, -0.25) is 4.57 Å². The first-order valence-corrected chi connectivity index (χ1v) is 8.65. The van der Waals surface area contributed by atoms with Gasteiger partial charge in [0.05, 0.1) is 32.1 Å². The van der Waals surface area contributed by atoms with Gasteiger partial charge in [0, 0.05) is 6.07 Å². The highest BCUT2D eigenvalue weighted by atomic mass is 19.1. The zero-order valence-electron chi connectivity index (χ0n) is 15.4. The smallest absolute Gasteiger partial charge is 0.232 e. The highest BCUT2D eigenvalue weighted by Crippen LogP contribution is 2.27. The number of benzene rings is 1. The van der Waals surface area contributed by atoms with Gasteiger partial charge in [-0.1, -0.05) is 0 Å². The van der Waals surface area contributed by atoms with Gasteiger partial charge in [0.15, 0.2) is 0 Å². The van der Waals surface area contributed by atoms with Gasteiger partial charge in [0.2, 0.25) is 11.8 Å². The second-order valence-electron chi connectivity index (χ2n) is 6.50. The van der Waals surface area contributed by atoms with E-state index in [0.29, 0.717) is 24.7 Å². The van der Waals surface area contributed by atoms with Crippen LogP contribution < -0.4 is 14.4 Å². The number of hydrogen-bond donors (Lipinski definition) is 0. The SMILES string of the molecule is COc1ccc(-n2c(C)nnc2N2CC(Oc3ccc(F)cc3C)C2)cn1. The molecule has 27 heavy (non-hydrogen) atoms. The zero-order chi connectivity index (χ0) is 19.0. The van der Waals surface area contributed by atoms with Crippen LogP contribution in [0.15, 0.2) is 36.5 Å². The molecule has 7 nitrogen and oxygen atoms in total. The van der Waals surface area contributed by atoms with Crippen LogP contribution in [0.5, 0.6) is 11.6 Å². The average molecular weight is 369 g/mol. The minimum absolute atomic E-state index is 0.0219. The van der Waals surface area contributed by atoms with Gasteiger partial charge >= 0.3 is 0 Å². The number of pyridine rings is 1. The van der Waals surface area contributed by atoms with Crippen molar-refractivity contribution < 1.29 is 13.9 Å². The van der Waals surface area contributed by atoms with Crippen molar-refractivity contribution in [2.45, 2.75) is 20.0 Å². The van der Waals surface area contributed by atoms with E-state index in [4.69, 9.17) is 9.47 Å². The normalized spacial score (nSPS) is 14.1. The Balaban J connectivity index is 1.48. The molecule has 1 aromatic carbocycles. The molecule has 0 saturated carbocycles. The van der Waals surface area contributed by atoms with Gasteiger partial charge in [-0.15, -0.1) is 10.2 Å². The van der Waals surface area contributed by atoms with E-state index in [-0.39, 0.29) is 11.9 Å². The number of anilines is 1. The van der Waals surface area contributed by atoms with Crippen LogP contribution >= 0.6 is 0 Å². The summed E-state index contributed by atoms with van der Waals surface area (Å²) in [4.78, 5) is 6.34. The molecule has 0 spiro atoms. The second-order valence-corrected chi connectivity index (χ2v) is 6.50. The minimum Gasteiger partial charge on any atom is -0.486 e. The third-order valence-corrected chi connectivity index (χ3v) is 4.56. The van der Waals surface area contributed by atoms with Crippen molar-refractivity contribution in [3.8, 4) is 17.3 Å². The topological polar surface area (TPSA) is 65.3 Å². The zero-order valence-corrected chi connectivity index (χ0v) is 15.4. The lowest BCUT2D eigenvalue weighted by Crippen LogP contribution is -2.55. The van der Waals surface area contributed by atoms with E-state index >= 15 is 0 Å². The summed E-state index contributed by atoms with van der Waals surface area (Å²) in [5.74, 6) is 2.52. The molecule has 1 aliphatic rings. The maximum Gasteiger partial charge on any atom is 0.232 e. The lowest BCUT2D eigenvalue weighted by atomic mass is 10.1. The largest absolute Gasteiger partial charge is 0.486 e. The molecule has 140 valence electrons. The molecule has 3 aromatic rings. The van der Waals surface area contributed by atoms with Gasteiger partial charge in [0.1, 0.15) is 23.5 Å². The molecule has 1 aliphatic heterocycles. The quantitative estimate of drug-likeness (QED) is 0.689. The highest BCUT2D eigenvalue weighted by molar-refractivity contribution is 5.46. The number of rotatable bonds is 5. The molecular weight excluding hydrogens is 349 g/mol. The number of aryl methyl sites for hydroxylation is 2. The second kappa shape index (κ2) is 6.86. The number of methoxy groups -OCH3 is 1. The molecule has 0 unspecified atom stereocenters.